The molecule has 3 aromatic rings. The molecule has 1 atom stereocenters. The number of fused-ring (bicyclic) bond motifs is 1. The third-order valence-corrected chi connectivity index (χ3v) is 7.84. The number of thiazole rings is 1. The number of methoxy groups -OCH3 is 1. The fourth-order valence-corrected chi connectivity index (χ4v) is 5.80. The van der Waals surface area contributed by atoms with Crippen LogP contribution in [-0.4, -0.2) is 68.0 Å². The molecule has 2 aromatic carbocycles. The molecule has 1 amide bonds. The molecule has 3 heterocycles. The van der Waals surface area contributed by atoms with Crippen LogP contribution in [-0.2, 0) is 19.1 Å². The van der Waals surface area contributed by atoms with Crippen LogP contribution in [0.15, 0.2) is 69.6 Å². The molecule has 0 spiro atoms. The summed E-state index contributed by atoms with van der Waals surface area (Å²) >= 11 is 1.25. The molecule has 214 valence electrons. The minimum absolute atomic E-state index is 0.0501. The van der Waals surface area contributed by atoms with Gasteiger partial charge in [-0.05, 0) is 55.3 Å². The molecule has 2 aliphatic rings. The molecule has 11 heteroatoms. The first kappa shape index (κ1) is 28.3. The number of rotatable bonds is 8. The number of nitrogens with zero attached hydrogens (tertiary/aromatic N) is 3. The lowest BCUT2D eigenvalue weighted by molar-refractivity contribution is -0.139. The quantitative estimate of drug-likeness (QED) is 0.377. The number of esters is 1. The largest absolute Gasteiger partial charge is 0.497 e. The summed E-state index contributed by atoms with van der Waals surface area (Å²) in [6.07, 6.45) is 1.78. The molecule has 2 aliphatic heterocycles. The number of aromatic nitrogens is 1. The molecule has 0 N–H and O–H groups in total. The molecule has 0 saturated carbocycles. The minimum atomic E-state index is -0.696. The van der Waals surface area contributed by atoms with Gasteiger partial charge in [0.25, 0.3) is 11.5 Å². The van der Waals surface area contributed by atoms with Crippen molar-refractivity contribution in [2.75, 3.05) is 46.6 Å². The second kappa shape index (κ2) is 12.5. The first-order valence-corrected chi connectivity index (χ1v) is 14.1. The lowest BCUT2D eigenvalue weighted by Gasteiger charge is -2.26. The topological polar surface area (TPSA) is 109 Å². The first-order chi connectivity index (χ1) is 19.9. The van der Waals surface area contributed by atoms with E-state index < -0.39 is 12.0 Å². The maximum absolute atomic E-state index is 13.8. The van der Waals surface area contributed by atoms with Gasteiger partial charge < -0.3 is 23.8 Å². The van der Waals surface area contributed by atoms with Crippen LogP contribution in [0.3, 0.4) is 0 Å². The van der Waals surface area contributed by atoms with Crippen molar-refractivity contribution in [3.8, 4) is 11.5 Å². The Morgan fingerprint density at radius 2 is 1.76 bits per heavy atom. The number of allylic oxidation sites excluding steroid dienone is 1. The average Bonchev–Trinajstić information content (AvgIpc) is 3.30. The van der Waals surface area contributed by atoms with Crippen LogP contribution in [0.25, 0.3) is 6.08 Å². The normalized spacial score (nSPS) is 17.1. The number of carbonyl (C=O) groups is 2. The molecule has 10 nitrogen and oxygen atoms in total. The molecule has 0 unspecified atom stereocenters. The summed E-state index contributed by atoms with van der Waals surface area (Å²) in [7, 11) is 1.58. The molecular formula is C30H31N3O7S. The van der Waals surface area contributed by atoms with E-state index >= 15 is 0 Å². The third-order valence-electron chi connectivity index (χ3n) is 6.85. The first-order valence-electron chi connectivity index (χ1n) is 13.3. The lowest BCUT2D eigenvalue weighted by atomic mass is 9.96. The monoisotopic (exact) mass is 577 g/mol. The van der Waals surface area contributed by atoms with Gasteiger partial charge in [-0.1, -0.05) is 35.6 Å². The van der Waals surface area contributed by atoms with E-state index in [-0.39, 0.29) is 24.7 Å². The zero-order chi connectivity index (χ0) is 28.9. The van der Waals surface area contributed by atoms with Crippen molar-refractivity contribution in [2.45, 2.75) is 19.9 Å². The van der Waals surface area contributed by atoms with E-state index in [0.29, 0.717) is 58.4 Å². The number of carbonyl (C=O) groups excluding carboxylic acids is 2. The summed E-state index contributed by atoms with van der Waals surface area (Å²) in [4.78, 5) is 46.0. The Labute approximate surface area is 240 Å². The third kappa shape index (κ3) is 6.10. The highest BCUT2D eigenvalue weighted by molar-refractivity contribution is 7.07. The molecule has 0 radical (unpaired) electrons. The van der Waals surface area contributed by atoms with E-state index in [1.165, 1.54) is 11.3 Å². The lowest BCUT2D eigenvalue weighted by Crippen LogP contribution is -2.42. The summed E-state index contributed by atoms with van der Waals surface area (Å²) < 4.78 is 23.6. The van der Waals surface area contributed by atoms with Gasteiger partial charge in [-0.15, -0.1) is 0 Å². The SMILES string of the molecule is CCOC(=O)C1=C(C)N=c2s/c(=C/c3ccc(OCC(=O)N4CCOCC4)cc3)c(=O)n2[C@@H]1c1ccc(OC)cc1. The van der Waals surface area contributed by atoms with E-state index in [2.05, 4.69) is 4.99 Å². The Bertz CT molecular complexity index is 1630. The van der Waals surface area contributed by atoms with E-state index in [0.717, 1.165) is 11.1 Å². The van der Waals surface area contributed by atoms with Gasteiger partial charge in [-0.3, -0.25) is 14.2 Å². The number of hydrogen-bond donors (Lipinski definition) is 0. The predicted octanol–water partition coefficient (Wildman–Crippen LogP) is 2.04. The summed E-state index contributed by atoms with van der Waals surface area (Å²) in [5.74, 6) is 0.630. The summed E-state index contributed by atoms with van der Waals surface area (Å²) in [5.41, 5.74) is 2.09. The van der Waals surface area contributed by atoms with Crippen LogP contribution in [0.4, 0.5) is 0 Å². The molecule has 1 fully saturated rings. The minimum Gasteiger partial charge on any atom is -0.497 e. The molecule has 1 aromatic heterocycles. The van der Waals surface area contributed by atoms with Crippen molar-refractivity contribution >= 4 is 29.3 Å². The Morgan fingerprint density at radius 1 is 1.07 bits per heavy atom. The second-order valence-electron chi connectivity index (χ2n) is 9.43. The number of morpholine rings is 1. The Balaban J connectivity index is 1.44. The number of ether oxygens (including phenoxy) is 4. The zero-order valence-electron chi connectivity index (χ0n) is 23.1. The smallest absolute Gasteiger partial charge is 0.338 e. The van der Waals surface area contributed by atoms with Gasteiger partial charge in [0.2, 0.25) is 0 Å². The van der Waals surface area contributed by atoms with E-state index in [9.17, 15) is 14.4 Å². The highest BCUT2D eigenvalue weighted by atomic mass is 32.1. The highest BCUT2D eigenvalue weighted by Crippen LogP contribution is 2.31. The van der Waals surface area contributed by atoms with Gasteiger partial charge in [0, 0.05) is 13.1 Å². The summed E-state index contributed by atoms with van der Waals surface area (Å²) in [6, 6.07) is 13.7. The Hall–Kier alpha value is -4.22. The predicted molar refractivity (Wildman–Crippen MR) is 153 cm³/mol. The van der Waals surface area contributed by atoms with Crippen molar-refractivity contribution in [3.05, 3.63) is 90.6 Å². The molecular weight excluding hydrogens is 546 g/mol. The maximum atomic E-state index is 13.8. The van der Waals surface area contributed by atoms with Crippen LogP contribution in [0, 0.1) is 0 Å². The zero-order valence-corrected chi connectivity index (χ0v) is 23.9. The second-order valence-corrected chi connectivity index (χ2v) is 10.4. The summed E-state index contributed by atoms with van der Waals surface area (Å²) in [6.45, 7) is 5.86. The highest BCUT2D eigenvalue weighted by Gasteiger charge is 2.33. The molecule has 1 saturated heterocycles. The van der Waals surface area contributed by atoms with Crippen molar-refractivity contribution in [3.63, 3.8) is 0 Å². The van der Waals surface area contributed by atoms with Gasteiger partial charge in [0.05, 0.1) is 48.8 Å². The molecule has 41 heavy (non-hydrogen) atoms. The molecule has 5 rings (SSSR count). The number of amides is 1. The van der Waals surface area contributed by atoms with Crippen LogP contribution >= 0.6 is 11.3 Å². The van der Waals surface area contributed by atoms with Crippen LogP contribution in [0.1, 0.15) is 31.0 Å². The van der Waals surface area contributed by atoms with Gasteiger partial charge in [-0.25, -0.2) is 9.79 Å². The van der Waals surface area contributed by atoms with E-state index in [1.54, 1.807) is 60.8 Å². The van der Waals surface area contributed by atoms with Crippen LogP contribution in [0.5, 0.6) is 11.5 Å². The summed E-state index contributed by atoms with van der Waals surface area (Å²) in [5, 5.41) is 0. The molecule has 0 bridgehead atoms. The van der Waals surface area contributed by atoms with Crippen molar-refractivity contribution < 1.29 is 28.5 Å². The van der Waals surface area contributed by atoms with Crippen LogP contribution < -0.4 is 24.4 Å². The van der Waals surface area contributed by atoms with Gasteiger partial charge >= 0.3 is 5.97 Å². The fourth-order valence-electron chi connectivity index (χ4n) is 4.75. The number of hydrogen-bond acceptors (Lipinski definition) is 9. The molecule has 0 aliphatic carbocycles. The van der Waals surface area contributed by atoms with Gasteiger partial charge in [-0.2, -0.15) is 0 Å². The van der Waals surface area contributed by atoms with Crippen molar-refractivity contribution in [1.29, 1.82) is 0 Å². The maximum Gasteiger partial charge on any atom is 0.338 e. The van der Waals surface area contributed by atoms with Crippen LogP contribution in [0.2, 0.25) is 0 Å². The average molecular weight is 578 g/mol. The number of benzene rings is 2. The van der Waals surface area contributed by atoms with E-state index in [4.69, 9.17) is 18.9 Å². The Morgan fingerprint density at radius 3 is 2.41 bits per heavy atom. The van der Waals surface area contributed by atoms with Crippen molar-refractivity contribution in [1.82, 2.24) is 9.47 Å². The van der Waals surface area contributed by atoms with Gasteiger partial charge in [0.1, 0.15) is 11.5 Å². The van der Waals surface area contributed by atoms with Gasteiger partial charge in [0.15, 0.2) is 11.4 Å². The Kier molecular flexibility index (Phi) is 8.65. The van der Waals surface area contributed by atoms with E-state index in [1.807, 2.05) is 24.3 Å². The van der Waals surface area contributed by atoms with Crippen molar-refractivity contribution in [2.24, 2.45) is 4.99 Å². The fraction of sp³-hybridized carbons (Fsp3) is 0.333. The standard InChI is InChI=1S/C30H31N3O7S/c1-4-39-29(36)26-19(2)31-30-33(27(26)21-7-11-22(37-3)12-8-21)28(35)24(41-30)17-20-5-9-23(10-6-20)40-18-25(34)32-13-15-38-16-14-32/h5-12,17,27H,4,13-16,18H2,1-3H3/b24-17+/t27-/m1/s1.